The maximum atomic E-state index is 12.8. The van der Waals surface area contributed by atoms with E-state index in [1.807, 2.05) is 0 Å². The van der Waals surface area contributed by atoms with Crippen LogP contribution >= 0.6 is 0 Å². The number of carbonyl (C=O) groups excluding carboxylic acids is 1. The van der Waals surface area contributed by atoms with E-state index in [9.17, 15) is 13.6 Å². The van der Waals surface area contributed by atoms with Crippen LogP contribution in [0.1, 0.15) is 21.7 Å². The monoisotopic (exact) mass is 307 g/mol. The zero-order valence-electron chi connectivity index (χ0n) is 12.0. The molecule has 2 aromatic rings. The molecule has 2 aromatic heterocycles. The predicted octanol–water partition coefficient (Wildman–Crippen LogP) is 2.24. The minimum atomic E-state index is -2.59. The molecule has 1 aliphatic rings. The summed E-state index contributed by atoms with van der Waals surface area (Å²) in [5.74, 6) is -2.99. The fourth-order valence-corrected chi connectivity index (χ4v) is 2.38. The second-order valence-corrected chi connectivity index (χ2v) is 5.30. The number of hydrogen-bond donors (Lipinski definition) is 1. The molecule has 0 aliphatic carbocycles. The van der Waals surface area contributed by atoms with Crippen molar-refractivity contribution in [2.75, 3.05) is 25.1 Å². The molecule has 3 rings (SSSR count). The average molecular weight is 307 g/mol. The van der Waals surface area contributed by atoms with Gasteiger partial charge in [-0.15, -0.1) is 0 Å². The Kier molecular flexibility index (Phi) is 3.56. The molecule has 0 atom stereocenters. The second-order valence-electron chi connectivity index (χ2n) is 5.30. The molecule has 0 unspecified atom stereocenters. The number of nitrogens with zero attached hydrogens (tertiary/aromatic N) is 2. The summed E-state index contributed by atoms with van der Waals surface area (Å²) in [5.41, 5.74) is 2.76. The Balaban J connectivity index is 1.64. The van der Waals surface area contributed by atoms with Crippen LogP contribution in [0.25, 0.3) is 0 Å². The third-order valence-corrected chi connectivity index (χ3v) is 3.55. The molecule has 1 saturated heterocycles. The van der Waals surface area contributed by atoms with Crippen LogP contribution in [0.5, 0.6) is 0 Å². The number of alkyl halides is 2. The molecule has 0 saturated carbocycles. The zero-order valence-corrected chi connectivity index (χ0v) is 12.0. The quantitative estimate of drug-likeness (QED) is 0.880. The van der Waals surface area contributed by atoms with Gasteiger partial charge in [0.1, 0.15) is 0 Å². The molecule has 0 spiro atoms. The molecule has 0 amide bonds. The van der Waals surface area contributed by atoms with Gasteiger partial charge in [0.25, 0.3) is 5.92 Å². The number of esters is 1. The Bertz CT molecular complexity index is 674. The van der Waals surface area contributed by atoms with Crippen molar-refractivity contribution in [1.82, 2.24) is 9.97 Å². The van der Waals surface area contributed by atoms with Crippen LogP contribution in [-0.2, 0) is 11.2 Å². The average Bonchev–Trinajstić information content (AvgIpc) is 2.93. The van der Waals surface area contributed by atoms with Crippen LogP contribution in [0.2, 0.25) is 0 Å². The zero-order chi connectivity index (χ0) is 15.7. The fourth-order valence-electron chi connectivity index (χ4n) is 2.38. The van der Waals surface area contributed by atoms with Gasteiger partial charge in [-0.05, 0) is 18.2 Å². The van der Waals surface area contributed by atoms with Gasteiger partial charge < -0.3 is 14.6 Å². The topological polar surface area (TPSA) is 58.2 Å². The highest BCUT2D eigenvalue weighted by Crippen LogP contribution is 2.31. The highest BCUT2D eigenvalue weighted by atomic mass is 19.3. The minimum Gasteiger partial charge on any atom is -0.465 e. The summed E-state index contributed by atoms with van der Waals surface area (Å²) in [6, 6.07) is 5.28. The van der Waals surface area contributed by atoms with Crippen LogP contribution in [0, 0.1) is 0 Å². The van der Waals surface area contributed by atoms with E-state index in [0.29, 0.717) is 17.7 Å². The fraction of sp³-hybridized carbons (Fsp3) is 0.333. The summed E-state index contributed by atoms with van der Waals surface area (Å²) in [5, 5.41) is 0. The Labute approximate surface area is 125 Å². The minimum absolute atomic E-state index is 0.257. The molecule has 1 fully saturated rings. The Hall–Kier alpha value is -2.44. The number of ether oxygens (including phenoxy) is 1. The number of hydrogen-bond acceptors (Lipinski definition) is 4. The van der Waals surface area contributed by atoms with Crippen LogP contribution in [0.4, 0.5) is 14.5 Å². The van der Waals surface area contributed by atoms with Gasteiger partial charge in [0.2, 0.25) is 0 Å². The molecule has 0 bridgehead atoms. The van der Waals surface area contributed by atoms with Crippen molar-refractivity contribution < 1.29 is 18.3 Å². The highest BCUT2D eigenvalue weighted by Gasteiger charge is 2.43. The van der Waals surface area contributed by atoms with Gasteiger partial charge in [-0.1, -0.05) is 0 Å². The van der Waals surface area contributed by atoms with Gasteiger partial charge in [0, 0.05) is 24.0 Å². The SMILES string of the molecule is COC(=O)c1c[nH]c(Cc2ccc(N3CC(F)(F)C3)cn2)c1. The summed E-state index contributed by atoms with van der Waals surface area (Å²) in [7, 11) is 1.33. The molecule has 1 aliphatic heterocycles. The lowest BCUT2D eigenvalue weighted by molar-refractivity contribution is -0.0262. The molecular formula is C15H15F2N3O2. The lowest BCUT2D eigenvalue weighted by atomic mass is 10.1. The molecule has 1 N–H and O–H groups in total. The Morgan fingerprint density at radius 1 is 1.45 bits per heavy atom. The predicted molar refractivity (Wildman–Crippen MR) is 76.3 cm³/mol. The largest absolute Gasteiger partial charge is 0.465 e. The molecule has 22 heavy (non-hydrogen) atoms. The molecule has 7 heteroatoms. The van der Waals surface area contributed by atoms with E-state index in [-0.39, 0.29) is 13.1 Å². The standard InChI is InChI=1S/C15H15F2N3O2/c1-22-14(21)10-4-12(18-6-10)5-11-2-3-13(7-19-11)20-8-15(16,17)9-20/h2-4,6-7,18H,5,8-9H2,1H3. The second kappa shape index (κ2) is 5.40. The maximum absolute atomic E-state index is 12.8. The summed E-state index contributed by atoms with van der Waals surface area (Å²) < 4.78 is 30.3. The number of aromatic nitrogens is 2. The van der Waals surface area contributed by atoms with Crippen molar-refractivity contribution in [2.24, 2.45) is 0 Å². The number of nitrogens with one attached hydrogen (secondary N) is 1. The Morgan fingerprint density at radius 2 is 2.23 bits per heavy atom. The number of pyridine rings is 1. The maximum Gasteiger partial charge on any atom is 0.339 e. The first kappa shape index (κ1) is 14.5. The first-order valence-electron chi connectivity index (χ1n) is 6.80. The number of halogens is 2. The molecule has 3 heterocycles. The molecule has 5 nitrogen and oxygen atoms in total. The lowest BCUT2D eigenvalue weighted by Crippen LogP contribution is -2.56. The first-order chi connectivity index (χ1) is 10.5. The van der Waals surface area contributed by atoms with Crippen molar-refractivity contribution in [1.29, 1.82) is 0 Å². The Morgan fingerprint density at radius 3 is 2.82 bits per heavy atom. The van der Waals surface area contributed by atoms with Crippen LogP contribution in [-0.4, -0.2) is 42.1 Å². The lowest BCUT2D eigenvalue weighted by Gasteiger charge is -2.40. The first-order valence-corrected chi connectivity index (χ1v) is 6.80. The third-order valence-electron chi connectivity index (χ3n) is 3.55. The summed E-state index contributed by atoms with van der Waals surface area (Å²) in [6.45, 7) is -0.514. The van der Waals surface area contributed by atoms with Gasteiger partial charge in [-0.25, -0.2) is 13.6 Å². The molecule has 0 aromatic carbocycles. The number of carbonyl (C=O) groups is 1. The van der Waals surface area contributed by atoms with E-state index < -0.39 is 11.9 Å². The summed E-state index contributed by atoms with van der Waals surface area (Å²) >= 11 is 0. The molecular weight excluding hydrogens is 292 g/mol. The number of H-pyrrole nitrogens is 1. The van der Waals surface area contributed by atoms with Crippen molar-refractivity contribution in [3.8, 4) is 0 Å². The third kappa shape index (κ3) is 2.93. The van der Waals surface area contributed by atoms with E-state index in [0.717, 1.165) is 11.4 Å². The number of aromatic amines is 1. The van der Waals surface area contributed by atoms with Gasteiger partial charge >= 0.3 is 5.97 Å². The summed E-state index contributed by atoms with van der Waals surface area (Å²) in [6.07, 6.45) is 3.69. The number of anilines is 1. The normalized spacial score (nSPS) is 16.2. The van der Waals surface area contributed by atoms with Crippen molar-refractivity contribution >= 4 is 11.7 Å². The van der Waals surface area contributed by atoms with E-state index in [1.165, 1.54) is 7.11 Å². The van der Waals surface area contributed by atoms with Crippen molar-refractivity contribution in [3.05, 3.63) is 47.5 Å². The van der Waals surface area contributed by atoms with Crippen molar-refractivity contribution in [2.45, 2.75) is 12.3 Å². The van der Waals surface area contributed by atoms with Gasteiger partial charge in [0.05, 0.1) is 37.6 Å². The molecule has 0 radical (unpaired) electrons. The van der Waals surface area contributed by atoms with E-state index in [1.54, 1.807) is 35.5 Å². The van der Waals surface area contributed by atoms with Crippen LogP contribution < -0.4 is 4.90 Å². The van der Waals surface area contributed by atoms with E-state index >= 15 is 0 Å². The van der Waals surface area contributed by atoms with Crippen LogP contribution in [0.3, 0.4) is 0 Å². The number of methoxy groups -OCH3 is 1. The van der Waals surface area contributed by atoms with Crippen molar-refractivity contribution in [3.63, 3.8) is 0 Å². The van der Waals surface area contributed by atoms with E-state index in [4.69, 9.17) is 0 Å². The van der Waals surface area contributed by atoms with Gasteiger partial charge in [-0.2, -0.15) is 0 Å². The smallest absolute Gasteiger partial charge is 0.339 e. The number of rotatable bonds is 4. The van der Waals surface area contributed by atoms with Gasteiger partial charge in [-0.3, -0.25) is 4.98 Å². The van der Waals surface area contributed by atoms with E-state index in [2.05, 4.69) is 14.7 Å². The summed E-state index contributed by atoms with van der Waals surface area (Å²) in [4.78, 5) is 20.2. The van der Waals surface area contributed by atoms with Crippen LogP contribution in [0.15, 0.2) is 30.6 Å². The van der Waals surface area contributed by atoms with Gasteiger partial charge in [0.15, 0.2) is 0 Å². The molecule has 116 valence electrons. The highest BCUT2D eigenvalue weighted by molar-refractivity contribution is 5.89.